The van der Waals surface area contributed by atoms with Gasteiger partial charge in [-0.15, -0.1) is 0 Å². The van der Waals surface area contributed by atoms with Gasteiger partial charge in [0.2, 0.25) is 0 Å². The zero-order valence-electron chi connectivity index (χ0n) is 13.9. The molecule has 1 aliphatic heterocycles. The number of anilines is 1. The maximum atomic E-state index is 12.4. The first-order valence-electron chi connectivity index (χ1n) is 7.89. The van der Waals surface area contributed by atoms with Crippen molar-refractivity contribution in [3.8, 4) is 0 Å². The lowest BCUT2D eigenvalue weighted by Gasteiger charge is -2.13. The van der Waals surface area contributed by atoms with E-state index in [1.54, 1.807) is 25.1 Å². The smallest absolute Gasteiger partial charge is 0.305 e. The minimum Gasteiger partial charge on any atom is -0.430 e. The van der Waals surface area contributed by atoms with Gasteiger partial charge in [0, 0.05) is 18.1 Å². The van der Waals surface area contributed by atoms with E-state index in [1.807, 2.05) is 30.3 Å². The second kappa shape index (κ2) is 6.86. The van der Waals surface area contributed by atoms with E-state index >= 15 is 0 Å². The van der Waals surface area contributed by atoms with Crippen LogP contribution in [-0.4, -0.2) is 28.9 Å². The Morgan fingerprint density at radius 3 is 2.60 bits per heavy atom. The summed E-state index contributed by atoms with van der Waals surface area (Å²) in [5.74, 6) is -1.11. The van der Waals surface area contributed by atoms with Crippen molar-refractivity contribution < 1.29 is 19.4 Å². The summed E-state index contributed by atoms with van der Waals surface area (Å²) < 4.78 is 5.06. The van der Waals surface area contributed by atoms with Gasteiger partial charge in [-0.25, -0.2) is 4.99 Å². The Kier molecular flexibility index (Phi) is 4.63. The maximum Gasteiger partial charge on any atom is 0.305 e. The zero-order chi connectivity index (χ0) is 18.0. The number of ether oxygens (including phenoxy) is 1. The molecule has 3 rings (SSSR count). The van der Waals surface area contributed by atoms with E-state index < -0.39 is 24.2 Å². The van der Waals surface area contributed by atoms with Crippen molar-refractivity contribution in [1.29, 1.82) is 0 Å². The Morgan fingerprint density at radius 2 is 1.96 bits per heavy atom. The molecule has 1 aliphatic rings. The van der Waals surface area contributed by atoms with Crippen molar-refractivity contribution in [1.82, 2.24) is 0 Å². The molecule has 0 saturated carbocycles. The number of carbonyl (C=O) groups excluding carboxylic acids is 2. The van der Waals surface area contributed by atoms with Gasteiger partial charge < -0.3 is 15.2 Å². The first-order chi connectivity index (χ1) is 12.0. The lowest BCUT2D eigenvalue weighted by molar-refractivity contribution is -0.151. The number of nitrogens with one attached hydrogen (secondary N) is 1. The van der Waals surface area contributed by atoms with Crippen LogP contribution in [0.4, 0.5) is 5.69 Å². The van der Waals surface area contributed by atoms with Crippen LogP contribution in [0.15, 0.2) is 53.5 Å². The fourth-order valence-corrected chi connectivity index (χ4v) is 2.63. The van der Waals surface area contributed by atoms with Crippen LogP contribution >= 0.6 is 0 Å². The minimum atomic E-state index is -1.27. The molecule has 6 heteroatoms. The Bertz CT molecular complexity index is 844. The molecule has 0 aliphatic carbocycles. The van der Waals surface area contributed by atoms with Crippen molar-refractivity contribution in [2.24, 2.45) is 4.99 Å². The molecule has 128 valence electrons. The van der Waals surface area contributed by atoms with E-state index in [0.29, 0.717) is 22.5 Å². The molecular weight excluding hydrogens is 320 g/mol. The molecule has 0 bridgehead atoms. The van der Waals surface area contributed by atoms with E-state index in [2.05, 4.69) is 10.3 Å². The molecule has 2 aromatic carbocycles. The Labute approximate surface area is 145 Å². The number of benzodiazepines with no additional fused rings is 1. The van der Waals surface area contributed by atoms with Gasteiger partial charge in [0.05, 0.1) is 17.5 Å². The van der Waals surface area contributed by atoms with Gasteiger partial charge in [-0.1, -0.05) is 36.4 Å². The van der Waals surface area contributed by atoms with Crippen LogP contribution in [0.5, 0.6) is 0 Å². The summed E-state index contributed by atoms with van der Waals surface area (Å²) in [6, 6.07) is 14.5. The number of hydrogen-bond donors (Lipinski definition) is 2. The molecule has 25 heavy (non-hydrogen) atoms. The monoisotopic (exact) mass is 338 g/mol. The summed E-state index contributed by atoms with van der Waals surface area (Å²) in [5, 5.41) is 12.6. The molecule has 0 radical (unpaired) electrons. The molecular formula is C19H18N2O4. The first kappa shape index (κ1) is 16.9. The van der Waals surface area contributed by atoms with Gasteiger partial charge in [0.1, 0.15) is 0 Å². The van der Waals surface area contributed by atoms with Crippen LogP contribution in [-0.2, 0) is 14.3 Å². The summed E-state index contributed by atoms with van der Waals surface area (Å²) in [7, 11) is 0. The number of rotatable bonds is 3. The fourth-order valence-electron chi connectivity index (χ4n) is 2.63. The van der Waals surface area contributed by atoms with Crippen LogP contribution in [0.25, 0.3) is 0 Å². The van der Waals surface area contributed by atoms with Crippen LogP contribution < -0.4 is 5.32 Å². The number of aliphatic hydroxyl groups is 1. The molecule has 1 amide bonds. The van der Waals surface area contributed by atoms with Crippen molar-refractivity contribution in [3.63, 3.8) is 0 Å². The second-order valence-corrected chi connectivity index (χ2v) is 5.78. The van der Waals surface area contributed by atoms with Gasteiger partial charge in [0.15, 0.2) is 0 Å². The van der Waals surface area contributed by atoms with Crippen molar-refractivity contribution in [3.05, 3.63) is 65.2 Å². The number of nitrogens with zero attached hydrogens (tertiary/aromatic N) is 1. The number of carbonyl (C=O) groups is 2. The molecule has 2 aromatic rings. The molecule has 0 spiro atoms. The predicted octanol–water partition coefficient (Wildman–Crippen LogP) is 2.42. The predicted molar refractivity (Wildman–Crippen MR) is 93.3 cm³/mol. The van der Waals surface area contributed by atoms with E-state index in [4.69, 9.17) is 4.74 Å². The van der Waals surface area contributed by atoms with Crippen molar-refractivity contribution in [2.75, 3.05) is 5.32 Å². The van der Waals surface area contributed by atoms with E-state index in [0.717, 1.165) is 5.56 Å². The van der Waals surface area contributed by atoms with Crippen LogP contribution in [0.3, 0.4) is 0 Å². The highest BCUT2D eigenvalue weighted by molar-refractivity contribution is 6.19. The largest absolute Gasteiger partial charge is 0.430 e. The minimum absolute atomic E-state index is 0.516. The third-order valence-corrected chi connectivity index (χ3v) is 3.83. The average molecular weight is 338 g/mol. The van der Waals surface area contributed by atoms with E-state index in [-0.39, 0.29) is 0 Å². The lowest BCUT2D eigenvalue weighted by atomic mass is 9.97. The van der Waals surface area contributed by atoms with Crippen LogP contribution in [0, 0.1) is 0 Å². The van der Waals surface area contributed by atoms with E-state index in [1.165, 1.54) is 6.92 Å². The molecule has 0 aromatic heterocycles. The summed E-state index contributed by atoms with van der Waals surface area (Å²) in [6.07, 6.45) is -1.93. The Hall–Kier alpha value is -2.99. The number of fused-ring (bicyclic) bond motifs is 1. The number of benzene rings is 2. The number of aliphatic hydroxyl groups excluding tert-OH is 1. The molecule has 0 saturated heterocycles. The topological polar surface area (TPSA) is 88.0 Å². The Morgan fingerprint density at radius 1 is 1.24 bits per heavy atom. The normalized spacial score (nSPS) is 17.6. The number of aliphatic imine (C=N–C) groups is 1. The highest BCUT2D eigenvalue weighted by Crippen LogP contribution is 2.27. The molecule has 2 atom stereocenters. The standard InChI is InChI=1S/C19H18N2O4/c1-11(22)14-8-9-16-15(10-14)17(13-6-4-3-5-7-13)21-19(18(24)20-16)25-12(2)23/h3-11,19,22H,1-2H3,(H,20,24). The SMILES string of the molecule is CC(=O)OC1N=C(c2ccccc2)c2cc(C(C)O)ccc2NC1=O. The first-order valence-corrected chi connectivity index (χ1v) is 7.89. The van der Waals surface area contributed by atoms with E-state index in [9.17, 15) is 14.7 Å². The quantitative estimate of drug-likeness (QED) is 0.841. The van der Waals surface area contributed by atoms with Gasteiger partial charge in [-0.2, -0.15) is 0 Å². The average Bonchev–Trinajstić information content (AvgIpc) is 2.71. The number of hydrogen-bond acceptors (Lipinski definition) is 5. The van der Waals surface area contributed by atoms with Crippen molar-refractivity contribution in [2.45, 2.75) is 26.2 Å². The molecule has 2 unspecified atom stereocenters. The van der Waals surface area contributed by atoms with Gasteiger partial charge in [-0.3, -0.25) is 9.59 Å². The summed E-state index contributed by atoms with van der Waals surface area (Å²) in [4.78, 5) is 28.1. The van der Waals surface area contributed by atoms with Gasteiger partial charge >= 0.3 is 5.97 Å². The van der Waals surface area contributed by atoms with Crippen LogP contribution in [0.2, 0.25) is 0 Å². The van der Waals surface area contributed by atoms with Gasteiger partial charge in [0.25, 0.3) is 12.1 Å². The summed E-state index contributed by atoms with van der Waals surface area (Å²) in [6.45, 7) is 2.90. The highest BCUT2D eigenvalue weighted by atomic mass is 16.6. The third kappa shape index (κ3) is 3.59. The van der Waals surface area contributed by atoms with Crippen molar-refractivity contribution >= 4 is 23.3 Å². The lowest BCUT2D eigenvalue weighted by Crippen LogP contribution is -2.29. The fraction of sp³-hybridized carbons (Fsp3) is 0.211. The third-order valence-electron chi connectivity index (χ3n) is 3.83. The molecule has 1 heterocycles. The Balaban J connectivity index is 2.19. The maximum absolute atomic E-state index is 12.4. The molecule has 6 nitrogen and oxygen atoms in total. The zero-order valence-corrected chi connectivity index (χ0v) is 13.9. The second-order valence-electron chi connectivity index (χ2n) is 5.78. The number of esters is 1. The number of amides is 1. The van der Waals surface area contributed by atoms with Crippen LogP contribution in [0.1, 0.15) is 36.6 Å². The molecule has 0 fully saturated rings. The highest BCUT2D eigenvalue weighted by Gasteiger charge is 2.28. The summed E-state index contributed by atoms with van der Waals surface area (Å²) in [5.41, 5.74) is 3.20. The summed E-state index contributed by atoms with van der Waals surface area (Å²) >= 11 is 0. The molecule has 2 N–H and O–H groups in total. The van der Waals surface area contributed by atoms with Gasteiger partial charge in [-0.05, 0) is 24.6 Å².